The predicted molar refractivity (Wildman–Crippen MR) is 62.4 cm³/mol. The second-order valence-electron chi connectivity index (χ2n) is 2.52. The van der Waals surface area contributed by atoms with Crippen LogP contribution in [0.3, 0.4) is 0 Å². The Morgan fingerprint density at radius 3 is 2.39 bits per heavy atom. The molecule has 0 aliphatic heterocycles. The van der Waals surface area contributed by atoms with E-state index < -0.39 is 28.2 Å². The van der Waals surface area contributed by atoms with E-state index in [4.69, 9.17) is 40.1 Å². The Bertz CT molecular complexity index is 385. The maximum absolute atomic E-state index is 11.0. The van der Waals surface area contributed by atoms with E-state index in [1.165, 1.54) is 13.0 Å². The van der Waals surface area contributed by atoms with Gasteiger partial charge in [0.05, 0.1) is 6.61 Å². The lowest BCUT2D eigenvalue weighted by molar-refractivity contribution is -0.135. The molecule has 0 rings (SSSR count). The quantitative estimate of drug-likeness (QED) is 0.258. The molecule has 0 bridgehead atoms. The Hall–Kier alpha value is -1.23. The minimum atomic E-state index is -1.80. The highest BCUT2D eigenvalue weighted by molar-refractivity contribution is 6.67. The monoisotopic (exact) mass is 316 g/mol. The summed E-state index contributed by atoms with van der Waals surface area (Å²) in [5, 5.41) is 11.5. The fourth-order valence-electron chi connectivity index (χ4n) is 0.553. The smallest absolute Gasteiger partial charge is 0.461 e. The lowest BCUT2D eigenvalue weighted by atomic mass is 10.4. The first kappa shape index (κ1) is 16.8. The van der Waals surface area contributed by atoms with Crippen LogP contribution in [0.15, 0.2) is 5.16 Å². The van der Waals surface area contributed by atoms with E-state index in [1.807, 2.05) is 0 Å². The van der Waals surface area contributed by atoms with E-state index in [-0.39, 0.29) is 6.61 Å². The lowest BCUT2D eigenvalue weighted by Gasteiger charge is -2.09. The summed E-state index contributed by atoms with van der Waals surface area (Å²) >= 11 is 15.9. The van der Waals surface area contributed by atoms with Crippen molar-refractivity contribution >= 4 is 52.6 Å². The summed E-state index contributed by atoms with van der Waals surface area (Å²) in [6, 6.07) is 1.38. The topological polar surface area (TPSA) is 98.0 Å². The molecule has 10 heteroatoms. The van der Waals surface area contributed by atoms with Crippen LogP contribution in [0, 0.1) is 11.3 Å². The van der Waals surface area contributed by atoms with Gasteiger partial charge in [0.1, 0.15) is 12.7 Å². The molecule has 0 aromatic heterocycles. The van der Waals surface area contributed by atoms with E-state index in [0.29, 0.717) is 0 Å². The maximum atomic E-state index is 11.0. The second kappa shape index (κ2) is 7.97. The van der Waals surface area contributed by atoms with Crippen molar-refractivity contribution in [2.75, 3.05) is 13.2 Å². The predicted octanol–water partition coefficient (Wildman–Crippen LogP) is 1.95. The van der Waals surface area contributed by atoms with E-state index in [0.717, 1.165) is 0 Å². The molecule has 0 saturated heterocycles. The fourth-order valence-corrected chi connectivity index (χ4v) is 0.716. The Morgan fingerprint density at radius 1 is 1.33 bits per heavy atom. The molecule has 0 radical (unpaired) electrons. The van der Waals surface area contributed by atoms with Crippen molar-refractivity contribution in [2.24, 2.45) is 5.16 Å². The van der Waals surface area contributed by atoms with Gasteiger partial charge >= 0.3 is 12.1 Å². The van der Waals surface area contributed by atoms with Crippen LogP contribution in [0.5, 0.6) is 0 Å². The zero-order chi connectivity index (χ0) is 14.2. The summed E-state index contributed by atoms with van der Waals surface area (Å²) in [6.45, 7) is 0.994. The molecule has 7 nitrogen and oxygen atoms in total. The summed E-state index contributed by atoms with van der Waals surface area (Å²) in [6.07, 6.45) is -1.33. The van der Waals surface area contributed by atoms with Crippen molar-refractivity contribution in [3.8, 4) is 6.07 Å². The molecular formula is C8H7Cl3N2O5. The number of hydrogen-bond donors (Lipinski definition) is 0. The summed E-state index contributed by atoms with van der Waals surface area (Å²) < 4.78 is 6.97. The lowest BCUT2D eigenvalue weighted by Crippen LogP contribution is -2.19. The van der Waals surface area contributed by atoms with E-state index >= 15 is 0 Å². The van der Waals surface area contributed by atoms with Crippen LogP contribution in [0.4, 0.5) is 4.79 Å². The molecule has 0 amide bonds. The number of carbonyl (C=O) groups is 2. The Balaban J connectivity index is 4.31. The van der Waals surface area contributed by atoms with Gasteiger partial charge in [0.2, 0.25) is 3.79 Å². The van der Waals surface area contributed by atoms with Crippen molar-refractivity contribution in [3.05, 3.63) is 0 Å². The number of nitrogens with zero attached hydrogens (tertiary/aromatic N) is 2. The first-order chi connectivity index (χ1) is 8.30. The fraction of sp³-hybridized carbons (Fsp3) is 0.500. The molecule has 0 unspecified atom stereocenters. The first-order valence-corrected chi connectivity index (χ1v) is 5.49. The summed E-state index contributed by atoms with van der Waals surface area (Å²) in [5.74, 6) is -1.03. The highest BCUT2D eigenvalue weighted by Crippen LogP contribution is 2.25. The van der Waals surface area contributed by atoms with E-state index in [1.54, 1.807) is 0 Å². The van der Waals surface area contributed by atoms with Gasteiger partial charge in [-0.2, -0.15) is 5.26 Å². The molecule has 0 atom stereocenters. The van der Waals surface area contributed by atoms with Crippen molar-refractivity contribution in [3.63, 3.8) is 0 Å². The molecule has 0 heterocycles. The average Bonchev–Trinajstić information content (AvgIpc) is 2.26. The van der Waals surface area contributed by atoms with Crippen molar-refractivity contribution in [1.29, 1.82) is 5.26 Å². The third kappa shape index (κ3) is 7.95. The SMILES string of the molecule is CCOC(=O)C(C#N)=NOC(=O)OCC(Cl)(Cl)Cl. The first-order valence-electron chi connectivity index (χ1n) is 4.36. The van der Waals surface area contributed by atoms with E-state index in [9.17, 15) is 9.59 Å². The van der Waals surface area contributed by atoms with Gasteiger partial charge in [0.25, 0.3) is 5.71 Å². The van der Waals surface area contributed by atoms with Gasteiger partial charge < -0.3 is 9.47 Å². The third-order valence-corrected chi connectivity index (χ3v) is 1.47. The number of carbonyl (C=O) groups excluding carboxylic acids is 2. The molecule has 0 aromatic carbocycles. The number of ether oxygens (including phenoxy) is 2. The van der Waals surface area contributed by atoms with Crippen molar-refractivity contribution < 1.29 is 23.9 Å². The summed E-state index contributed by atoms with van der Waals surface area (Å²) in [5.41, 5.74) is -0.748. The number of hydrogen-bond acceptors (Lipinski definition) is 7. The zero-order valence-corrected chi connectivity index (χ0v) is 11.3. The number of rotatable bonds is 4. The maximum Gasteiger partial charge on any atom is 0.535 e. The van der Waals surface area contributed by atoms with Crippen LogP contribution < -0.4 is 0 Å². The van der Waals surface area contributed by atoms with Crippen LogP contribution in [-0.2, 0) is 19.1 Å². The minimum Gasteiger partial charge on any atom is -0.461 e. The van der Waals surface area contributed by atoms with Crippen LogP contribution >= 0.6 is 34.8 Å². The molecule has 0 aliphatic carbocycles. The van der Waals surface area contributed by atoms with Crippen LogP contribution in [0.1, 0.15) is 6.92 Å². The van der Waals surface area contributed by atoms with Gasteiger partial charge in [-0.25, -0.2) is 9.59 Å². The van der Waals surface area contributed by atoms with Gasteiger partial charge in [0.15, 0.2) is 0 Å². The largest absolute Gasteiger partial charge is 0.535 e. The van der Waals surface area contributed by atoms with Crippen LogP contribution in [0.2, 0.25) is 0 Å². The summed E-state index contributed by atoms with van der Waals surface area (Å²) in [4.78, 5) is 26.0. The van der Waals surface area contributed by atoms with Crippen LogP contribution in [-0.4, -0.2) is 34.8 Å². The number of oxime groups is 1. The highest BCUT2D eigenvalue weighted by atomic mass is 35.6. The molecule has 0 saturated carbocycles. The van der Waals surface area contributed by atoms with Gasteiger partial charge in [0, 0.05) is 0 Å². The minimum absolute atomic E-state index is 0.0389. The molecule has 100 valence electrons. The molecule has 0 aliphatic rings. The Morgan fingerprint density at radius 2 is 1.94 bits per heavy atom. The second-order valence-corrected chi connectivity index (χ2v) is 5.03. The van der Waals surface area contributed by atoms with Crippen molar-refractivity contribution in [2.45, 2.75) is 10.7 Å². The number of halogens is 3. The normalized spacial score (nSPS) is 11.4. The van der Waals surface area contributed by atoms with Gasteiger partial charge in [-0.3, -0.25) is 4.84 Å². The van der Waals surface area contributed by atoms with E-state index in [2.05, 4.69) is 19.5 Å². The average molecular weight is 318 g/mol. The molecule has 0 aromatic rings. The number of nitriles is 1. The number of esters is 1. The summed E-state index contributed by atoms with van der Waals surface area (Å²) in [7, 11) is 0. The molecule has 0 N–H and O–H groups in total. The van der Waals surface area contributed by atoms with Gasteiger partial charge in [-0.15, -0.1) is 0 Å². The Kier molecular flexibility index (Phi) is 7.43. The van der Waals surface area contributed by atoms with Crippen LogP contribution in [0.25, 0.3) is 0 Å². The molecular weight excluding hydrogens is 310 g/mol. The molecule has 0 fully saturated rings. The molecule has 18 heavy (non-hydrogen) atoms. The van der Waals surface area contributed by atoms with Gasteiger partial charge in [-0.05, 0) is 6.92 Å². The standard InChI is InChI=1S/C8H7Cl3N2O5/c1-2-16-6(14)5(3-12)13-18-7(15)17-4-8(9,10)11/h2,4H2,1H3. The highest BCUT2D eigenvalue weighted by Gasteiger charge is 2.23. The number of alkyl halides is 3. The third-order valence-electron chi connectivity index (χ3n) is 1.14. The van der Waals surface area contributed by atoms with Crippen molar-refractivity contribution in [1.82, 2.24) is 0 Å². The zero-order valence-electron chi connectivity index (χ0n) is 8.98. The van der Waals surface area contributed by atoms with Gasteiger partial charge in [-0.1, -0.05) is 40.0 Å². The molecule has 0 spiro atoms. The Labute approximate surface area is 117 Å².